The molecule has 1 aromatic rings. The molecule has 0 saturated heterocycles. The molecule has 0 spiro atoms. The van der Waals surface area contributed by atoms with E-state index in [4.69, 9.17) is 10.5 Å². The second-order valence-electron chi connectivity index (χ2n) is 3.15. The molecule has 0 fully saturated rings. The van der Waals surface area contributed by atoms with Gasteiger partial charge in [0, 0.05) is 6.08 Å². The van der Waals surface area contributed by atoms with Crippen molar-refractivity contribution in [3.05, 3.63) is 48.0 Å². The van der Waals surface area contributed by atoms with Gasteiger partial charge in [0.25, 0.3) is 0 Å². The number of nitrogens with two attached hydrogens (primary N) is 1. The fourth-order valence-corrected chi connectivity index (χ4v) is 1.22. The Hall–Kier alpha value is -2.30. The Morgan fingerprint density at radius 2 is 1.94 bits per heavy atom. The summed E-state index contributed by atoms with van der Waals surface area (Å²) in [5.41, 5.74) is 5.67. The van der Waals surface area contributed by atoms with Gasteiger partial charge in [0.2, 0.25) is 0 Å². The standard InChI is InChI=1S/C12H13NO4/c1-16-11(14)8-7-10(17-12(13)15)9-5-3-2-4-6-9/h2-8,10H,1H3,(H2,13,15)/b8-7+/t10-/m1/s1. The molecular formula is C12H13NO4. The first-order chi connectivity index (χ1) is 8.13. The van der Waals surface area contributed by atoms with E-state index >= 15 is 0 Å². The van der Waals surface area contributed by atoms with Gasteiger partial charge in [0.15, 0.2) is 0 Å². The maximum absolute atomic E-state index is 11.0. The largest absolute Gasteiger partial charge is 0.466 e. The highest BCUT2D eigenvalue weighted by Crippen LogP contribution is 2.18. The van der Waals surface area contributed by atoms with E-state index in [2.05, 4.69) is 4.74 Å². The van der Waals surface area contributed by atoms with E-state index in [0.717, 1.165) is 0 Å². The number of esters is 1. The summed E-state index contributed by atoms with van der Waals surface area (Å²) in [7, 11) is 1.26. The lowest BCUT2D eigenvalue weighted by Crippen LogP contribution is -2.16. The summed E-state index contributed by atoms with van der Waals surface area (Å²) in [4.78, 5) is 21.7. The van der Waals surface area contributed by atoms with Crippen LogP contribution in [-0.2, 0) is 14.3 Å². The third-order valence-electron chi connectivity index (χ3n) is 1.98. The number of rotatable bonds is 4. The van der Waals surface area contributed by atoms with Crippen LogP contribution < -0.4 is 5.73 Å². The van der Waals surface area contributed by atoms with Gasteiger partial charge >= 0.3 is 12.1 Å². The summed E-state index contributed by atoms with van der Waals surface area (Å²) in [5, 5.41) is 0. The van der Waals surface area contributed by atoms with Crippen LogP contribution in [0.4, 0.5) is 4.79 Å². The predicted octanol–water partition coefficient (Wildman–Crippen LogP) is 1.55. The lowest BCUT2D eigenvalue weighted by atomic mass is 10.1. The SMILES string of the molecule is COC(=O)/C=C/[C@@H](OC(N)=O)c1ccccc1. The van der Waals surface area contributed by atoms with Crippen LogP contribution in [0, 0.1) is 0 Å². The van der Waals surface area contributed by atoms with Gasteiger partial charge in [-0.05, 0) is 11.6 Å². The first kappa shape index (κ1) is 12.8. The number of hydrogen-bond acceptors (Lipinski definition) is 4. The van der Waals surface area contributed by atoms with E-state index in [1.807, 2.05) is 6.07 Å². The summed E-state index contributed by atoms with van der Waals surface area (Å²) >= 11 is 0. The van der Waals surface area contributed by atoms with Crippen LogP contribution in [0.1, 0.15) is 11.7 Å². The number of amides is 1. The summed E-state index contributed by atoms with van der Waals surface area (Å²) < 4.78 is 9.32. The van der Waals surface area contributed by atoms with Gasteiger partial charge in [0.1, 0.15) is 6.10 Å². The average Bonchev–Trinajstić information content (AvgIpc) is 2.34. The molecule has 0 aliphatic heterocycles. The van der Waals surface area contributed by atoms with Crippen LogP contribution >= 0.6 is 0 Å². The molecule has 5 nitrogen and oxygen atoms in total. The van der Waals surface area contributed by atoms with Crippen molar-refractivity contribution in [1.29, 1.82) is 0 Å². The Bertz CT molecular complexity index is 414. The summed E-state index contributed by atoms with van der Waals surface area (Å²) in [6.07, 6.45) is 0.980. The minimum absolute atomic E-state index is 0.529. The molecular weight excluding hydrogens is 222 g/mol. The highest BCUT2D eigenvalue weighted by Gasteiger charge is 2.11. The fraction of sp³-hybridized carbons (Fsp3) is 0.167. The molecule has 1 aromatic carbocycles. The van der Waals surface area contributed by atoms with E-state index in [9.17, 15) is 9.59 Å². The van der Waals surface area contributed by atoms with E-state index in [1.165, 1.54) is 19.3 Å². The number of carbonyl (C=O) groups is 2. The third-order valence-corrected chi connectivity index (χ3v) is 1.98. The Kier molecular flexibility index (Phi) is 4.75. The molecule has 0 aromatic heterocycles. The molecule has 2 N–H and O–H groups in total. The molecule has 1 rings (SSSR count). The monoisotopic (exact) mass is 235 g/mol. The van der Waals surface area contributed by atoms with Crippen molar-refractivity contribution < 1.29 is 19.1 Å². The van der Waals surface area contributed by atoms with Crippen molar-refractivity contribution >= 4 is 12.1 Å². The molecule has 90 valence electrons. The Balaban J connectivity index is 2.85. The molecule has 1 amide bonds. The number of ether oxygens (including phenoxy) is 2. The zero-order valence-corrected chi connectivity index (χ0v) is 9.33. The first-order valence-electron chi connectivity index (χ1n) is 4.90. The molecule has 0 saturated carbocycles. The zero-order chi connectivity index (χ0) is 12.7. The van der Waals surface area contributed by atoms with Crippen LogP contribution in [0.5, 0.6) is 0 Å². The molecule has 0 unspecified atom stereocenters. The summed E-state index contributed by atoms with van der Waals surface area (Å²) in [5.74, 6) is -0.529. The van der Waals surface area contributed by atoms with Crippen molar-refractivity contribution in [1.82, 2.24) is 0 Å². The predicted molar refractivity (Wildman–Crippen MR) is 61.0 cm³/mol. The van der Waals surface area contributed by atoms with Crippen molar-refractivity contribution in [3.63, 3.8) is 0 Å². The maximum atomic E-state index is 11.0. The van der Waals surface area contributed by atoms with Crippen molar-refractivity contribution in [2.24, 2.45) is 5.73 Å². The minimum atomic E-state index is -0.909. The van der Waals surface area contributed by atoms with Gasteiger partial charge in [-0.2, -0.15) is 0 Å². The number of benzene rings is 1. The summed E-state index contributed by atoms with van der Waals surface area (Å²) in [6.45, 7) is 0. The van der Waals surface area contributed by atoms with E-state index in [-0.39, 0.29) is 0 Å². The molecule has 0 radical (unpaired) electrons. The Morgan fingerprint density at radius 3 is 2.47 bits per heavy atom. The smallest absolute Gasteiger partial charge is 0.405 e. The quantitative estimate of drug-likeness (QED) is 0.634. The normalized spacial score (nSPS) is 12.1. The number of primary amides is 1. The number of methoxy groups -OCH3 is 1. The Labute approximate surface area is 98.8 Å². The molecule has 5 heteroatoms. The molecule has 0 aliphatic rings. The van der Waals surface area contributed by atoms with Gasteiger partial charge in [-0.15, -0.1) is 0 Å². The third kappa shape index (κ3) is 4.38. The second kappa shape index (κ2) is 6.32. The van der Waals surface area contributed by atoms with Crippen LogP contribution in [-0.4, -0.2) is 19.2 Å². The van der Waals surface area contributed by atoms with Crippen LogP contribution in [0.15, 0.2) is 42.5 Å². The lowest BCUT2D eigenvalue weighted by molar-refractivity contribution is -0.134. The molecule has 17 heavy (non-hydrogen) atoms. The highest BCUT2D eigenvalue weighted by molar-refractivity contribution is 5.82. The first-order valence-corrected chi connectivity index (χ1v) is 4.90. The molecule has 0 aliphatic carbocycles. The van der Waals surface area contributed by atoms with Gasteiger partial charge in [-0.3, -0.25) is 0 Å². The number of hydrogen-bond donors (Lipinski definition) is 1. The second-order valence-corrected chi connectivity index (χ2v) is 3.15. The summed E-state index contributed by atoms with van der Waals surface area (Å²) in [6, 6.07) is 8.93. The van der Waals surface area contributed by atoms with Crippen molar-refractivity contribution in [3.8, 4) is 0 Å². The Morgan fingerprint density at radius 1 is 1.29 bits per heavy atom. The zero-order valence-electron chi connectivity index (χ0n) is 9.33. The minimum Gasteiger partial charge on any atom is -0.466 e. The number of carbonyl (C=O) groups excluding carboxylic acids is 2. The topological polar surface area (TPSA) is 78.6 Å². The van der Waals surface area contributed by atoms with Gasteiger partial charge in [-0.25, -0.2) is 9.59 Å². The van der Waals surface area contributed by atoms with E-state index in [0.29, 0.717) is 5.56 Å². The molecule has 0 bridgehead atoms. The van der Waals surface area contributed by atoms with Crippen LogP contribution in [0.3, 0.4) is 0 Å². The maximum Gasteiger partial charge on any atom is 0.405 e. The molecule has 0 heterocycles. The van der Waals surface area contributed by atoms with Crippen LogP contribution in [0.2, 0.25) is 0 Å². The van der Waals surface area contributed by atoms with Gasteiger partial charge in [0.05, 0.1) is 7.11 Å². The fourth-order valence-electron chi connectivity index (χ4n) is 1.22. The van der Waals surface area contributed by atoms with Gasteiger partial charge < -0.3 is 15.2 Å². The highest BCUT2D eigenvalue weighted by atomic mass is 16.6. The lowest BCUT2D eigenvalue weighted by Gasteiger charge is -2.12. The van der Waals surface area contributed by atoms with Crippen LogP contribution in [0.25, 0.3) is 0 Å². The average molecular weight is 235 g/mol. The molecule has 1 atom stereocenters. The van der Waals surface area contributed by atoms with Crippen molar-refractivity contribution in [2.75, 3.05) is 7.11 Å². The van der Waals surface area contributed by atoms with Gasteiger partial charge in [-0.1, -0.05) is 30.3 Å². The van der Waals surface area contributed by atoms with E-state index < -0.39 is 18.2 Å². The van der Waals surface area contributed by atoms with E-state index in [1.54, 1.807) is 24.3 Å². The van der Waals surface area contributed by atoms with Crippen molar-refractivity contribution in [2.45, 2.75) is 6.10 Å².